The second-order valence-electron chi connectivity index (χ2n) is 8.11. The average Bonchev–Trinajstić information content (AvgIpc) is 2.74. The zero-order chi connectivity index (χ0) is 22.8. The van der Waals surface area contributed by atoms with Crippen molar-refractivity contribution in [3.05, 3.63) is 64.7 Å². The van der Waals surface area contributed by atoms with Gasteiger partial charge in [0.15, 0.2) is 6.61 Å². The van der Waals surface area contributed by atoms with Crippen LogP contribution in [0.3, 0.4) is 0 Å². The molecule has 5 heteroatoms. The van der Waals surface area contributed by atoms with Crippen molar-refractivity contribution in [3.63, 3.8) is 0 Å². The Morgan fingerprint density at radius 1 is 1.03 bits per heavy atom. The maximum Gasteiger partial charge on any atom is 0.261 e. The highest BCUT2D eigenvalue weighted by Crippen LogP contribution is 2.18. The normalized spacial score (nSPS) is 11.6. The van der Waals surface area contributed by atoms with Gasteiger partial charge in [0, 0.05) is 13.1 Å². The molecule has 168 valence electrons. The Labute approximate surface area is 186 Å². The molecule has 5 nitrogen and oxygen atoms in total. The van der Waals surface area contributed by atoms with E-state index in [2.05, 4.69) is 12.2 Å². The van der Waals surface area contributed by atoms with Gasteiger partial charge in [-0.15, -0.1) is 0 Å². The van der Waals surface area contributed by atoms with Gasteiger partial charge in [0.2, 0.25) is 5.91 Å². The fourth-order valence-electron chi connectivity index (χ4n) is 3.46. The van der Waals surface area contributed by atoms with Crippen molar-refractivity contribution in [1.29, 1.82) is 0 Å². The van der Waals surface area contributed by atoms with Crippen LogP contribution in [-0.4, -0.2) is 35.9 Å². The molecule has 0 aliphatic heterocycles. The van der Waals surface area contributed by atoms with E-state index in [0.717, 1.165) is 29.5 Å². The van der Waals surface area contributed by atoms with Crippen LogP contribution in [0.15, 0.2) is 42.5 Å². The molecule has 0 bridgehead atoms. The first-order valence-electron chi connectivity index (χ1n) is 11.2. The summed E-state index contributed by atoms with van der Waals surface area (Å²) in [5.74, 6) is 0.354. The van der Waals surface area contributed by atoms with Gasteiger partial charge in [-0.05, 0) is 62.4 Å². The molecule has 0 aromatic heterocycles. The van der Waals surface area contributed by atoms with Crippen LogP contribution in [0.4, 0.5) is 0 Å². The molecular weight excluding hydrogens is 388 g/mol. The lowest BCUT2D eigenvalue weighted by molar-refractivity contribution is -0.143. The van der Waals surface area contributed by atoms with E-state index < -0.39 is 6.04 Å². The topological polar surface area (TPSA) is 58.6 Å². The highest BCUT2D eigenvalue weighted by molar-refractivity contribution is 5.88. The molecule has 0 saturated heterocycles. The van der Waals surface area contributed by atoms with Gasteiger partial charge in [-0.1, -0.05) is 56.2 Å². The lowest BCUT2D eigenvalue weighted by Crippen LogP contribution is -2.50. The third-order valence-corrected chi connectivity index (χ3v) is 5.49. The molecule has 2 aromatic rings. The number of nitrogens with zero attached hydrogens (tertiary/aromatic N) is 1. The summed E-state index contributed by atoms with van der Waals surface area (Å²) in [6.45, 7) is 11.0. The zero-order valence-electron chi connectivity index (χ0n) is 19.5. The summed E-state index contributed by atoms with van der Waals surface area (Å²) < 4.78 is 5.80. The fraction of sp³-hybridized carbons (Fsp3) is 0.462. The van der Waals surface area contributed by atoms with E-state index in [-0.39, 0.29) is 18.4 Å². The number of amides is 2. The number of unbranched alkanes of at least 4 members (excludes halogenated alkanes) is 1. The molecule has 0 heterocycles. The zero-order valence-corrected chi connectivity index (χ0v) is 19.5. The van der Waals surface area contributed by atoms with E-state index in [0.29, 0.717) is 25.3 Å². The third-order valence-electron chi connectivity index (χ3n) is 5.49. The number of benzene rings is 2. The van der Waals surface area contributed by atoms with Crippen molar-refractivity contribution < 1.29 is 14.3 Å². The quantitative estimate of drug-likeness (QED) is 0.531. The van der Waals surface area contributed by atoms with Crippen molar-refractivity contribution in [2.24, 2.45) is 0 Å². The van der Waals surface area contributed by atoms with Gasteiger partial charge in [-0.3, -0.25) is 9.59 Å². The van der Waals surface area contributed by atoms with Crippen molar-refractivity contribution in [1.82, 2.24) is 10.2 Å². The van der Waals surface area contributed by atoms with Gasteiger partial charge in [0.25, 0.3) is 5.91 Å². The van der Waals surface area contributed by atoms with Gasteiger partial charge >= 0.3 is 0 Å². The molecule has 2 aromatic carbocycles. The highest BCUT2D eigenvalue weighted by Gasteiger charge is 2.28. The van der Waals surface area contributed by atoms with E-state index in [1.54, 1.807) is 4.90 Å². The molecule has 0 unspecified atom stereocenters. The van der Waals surface area contributed by atoms with Gasteiger partial charge in [-0.25, -0.2) is 0 Å². The minimum atomic E-state index is -0.534. The monoisotopic (exact) mass is 424 g/mol. The molecule has 0 aliphatic rings. The molecule has 0 spiro atoms. The first-order chi connectivity index (χ1) is 14.8. The van der Waals surface area contributed by atoms with Crippen LogP contribution < -0.4 is 10.1 Å². The lowest BCUT2D eigenvalue weighted by Gasteiger charge is -2.30. The van der Waals surface area contributed by atoms with E-state index in [1.807, 2.05) is 70.2 Å². The van der Waals surface area contributed by atoms with Gasteiger partial charge in [0.1, 0.15) is 11.8 Å². The summed E-state index contributed by atoms with van der Waals surface area (Å²) in [4.78, 5) is 27.7. The Kier molecular flexibility index (Phi) is 9.57. The van der Waals surface area contributed by atoms with Crippen molar-refractivity contribution in [2.75, 3.05) is 13.2 Å². The number of carbonyl (C=O) groups excluding carboxylic acids is 2. The molecule has 1 atom stereocenters. The molecule has 0 saturated carbocycles. The number of carbonyl (C=O) groups is 2. The van der Waals surface area contributed by atoms with E-state index in [1.165, 1.54) is 5.56 Å². The number of ether oxygens (including phenoxy) is 1. The van der Waals surface area contributed by atoms with E-state index >= 15 is 0 Å². The van der Waals surface area contributed by atoms with Crippen molar-refractivity contribution in [3.8, 4) is 5.75 Å². The molecule has 1 N–H and O–H groups in total. The number of aryl methyl sites for hydroxylation is 3. The van der Waals surface area contributed by atoms with E-state index in [9.17, 15) is 9.59 Å². The molecule has 0 fully saturated rings. The summed E-state index contributed by atoms with van der Waals surface area (Å²) >= 11 is 0. The average molecular weight is 425 g/mol. The van der Waals surface area contributed by atoms with Crippen LogP contribution in [0.25, 0.3) is 0 Å². The van der Waals surface area contributed by atoms with Crippen LogP contribution in [0.2, 0.25) is 0 Å². The Morgan fingerprint density at radius 3 is 2.45 bits per heavy atom. The summed E-state index contributed by atoms with van der Waals surface area (Å²) in [5, 5.41) is 2.98. The van der Waals surface area contributed by atoms with Crippen LogP contribution in [0.5, 0.6) is 5.75 Å². The van der Waals surface area contributed by atoms with E-state index in [4.69, 9.17) is 4.74 Å². The standard InChI is InChI=1S/C26H36N2O3/c1-6-8-14-27-26(30)24(7-2)28(17-22-11-9-10-19(3)15-22)25(29)18-31-23-13-12-20(4)21(5)16-23/h9-13,15-16,24H,6-8,14,17-18H2,1-5H3,(H,27,30)/t24-/m1/s1. The Bertz CT molecular complexity index is 879. The summed E-state index contributed by atoms with van der Waals surface area (Å²) in [7, 11) is 0. The van der Waals surface area contributed by atoms with Crippen LogP contribution in [0, 0.1) is 20.8 Å². The molecular formula is C26H36N2O3. The van der Waals surface area contributed by atoms with Crippen molar-refractivity contribution in [2.45, 2.75) is 66.5 Å². The van der Waals surface area contributed by atoms with Crippen LogP contribution >= 0.6 is 0 Å². The SMILES string of the molecule is CCCCNC(=O)[C@@H](CC)N(Cc1cccc(C)c1)C(=O)COc1ccc(C)c(C)c1. The molecule has 31 heavy (non-hydrogen) atoms. The highest BCUT2D eigenvalue weighted by atomic mass is 16.5. The fourth-order valence-corrected chi connectivity index (χ4v) is 3.46. The Hall–Kier alpha value is -2.82. The predicted molar refractivity (Wildman–Crippen MR) is 125 cm³/mol. The van der Waals surface area contributed by atoms with Gasteiger partial charge in [-0.2, -0.15) is 0 Å². The van der Waals surface area contributed by atoms with Gasteiger partial charge < -0.3 is 15.0 Å². The maximum atomic E-state index is 13.2. The molecule has 0 radical (unpaired) electrons. The smallest absolute Gasteiger partial charge is 0.261 e. The lowest BCUT2D eigenvalue weighted by atomic mass is 10.1. The Balaban J connectivity index is 2.18. The first kappa shape index (κ1) is 24.4. The molecule has 0 aliphatic carbocycles. The van der Waals surface area contributed by atoms with Crippen LogP contribution in [0.1, 0.15) is 55.4 Å². The molecule has 2 amide bonds. The summed E-state index contributed by atoms with van der Waals surface area (Å²) in [6.07, 6.45) is 2.47. The summed E-state index contributed by atoms with van der Waals surface area (Å²) in [6, 6.07) is 13.3. The van der Waals surface area contributed by atoms with Gasteiger partial charge in [0.05, 0.1) is 0 Å². The minimum Gasteiger partial charge on any atom is -0.484 e. The minimum absolute atomic E-state index is 0.104. The first-order valence-corrected chi connectivity index (χ1v) is 11.2. The number of hydrogen-bond donors (Lipinski definition) is 1. The number of hydrogen-bond acceptors (Lipinski definition) is 3. The summed E-state index contributed by atoms with van der Waals surface area (Å²) in [5.41, 5.74) is 4.41. The second kappa shape index (κ2) is 12.1. The maximum absolute atomic E-state index is 13.2. The largest absolute Gasteiger partial charge is 0.484 e. The second-order valence-corrected chi connectivity index (χ2v) is 8.11. The Morgan fingerprint density at radius 2 is 1.81 bits per heavy atom. The van der Waals surface area contributed by atoms with Crippen LogP contribution in [-0.2, 0) is 16.1 Å². The number of rotatable bonds is 11. The predicted octanol–water partition coefficient (Wildman–Crippen LogP) is 4.71. The van der Waals surface area contributed by atoms with Crippen molar-refractivity contribution >= 4 is 11.8 Å². The number of nitrogens with one attached hydrogen (secondary N) is 1. The molecule has 2 rings (SSSR count). The third kappa shape index (κ3) is 7.42.